The molecule has 5 nitrogen and oxygen atoms in total. The number of guanidine groups is 1. The number of nitrogens with one attached hydrogen (secondary N) is 1. The predicted octanol–water partition coefficient (Wildman–Crippen LogP) is 0.675. The number of ether oxygens (including phenoxy) is 1. The van der Waals surface area contributed by atoms with E-state index in [-0.39, 0.29) is 5.54 Å². The van der Waals surface area contributed by atoms with Gasteiger partial charge in [0, 0.05) is 25.4 Å². The highest BCUT2D eigenvalue weighted by molar-refractivity contribution is 7.99. The number of hydrogen-bond donors (Lipinski definition) is 2. The summed E-state index contributed by atoms with van der Waals surface area (Å²) in [5, 5.41) is 3.10. The summed E-state index contributed by atoms with van der Waals surface area (Å²) in [6.45, 7) is 11.0. The average molecular weight is 298 g/mol. The Hall–Kier alpha value is -0.720. The number of nitrogens with zero attached hydrogens (tertiary/aromatic N) is 2. The Morgan fingerprint density at radius 3 is 2.85 bits per heavy atom. The number of morpholine rings is 1. The highest BCUT2D eigenvalue weighted by Gasteiger charge is 2.40. The van der Waals surface area contributed by atoms with Crippen LogP contribution >= 0.6 is 11.8 Å². The van der Waals surface area contributed by atoms with Crippen molar-refractivity contribution in [2.75, 3.05) is 50.9 Å². The quantitative estimate of drug-likeness (QED) is 0.444. The van der Waals surface area contributed by atoms with Crippen molar-refractivity contribution in [2.24, 2.45) is 10.7 Å². The monoisotopic (exact) mass is 298 g/mol. The van der Waals surface area contributed by atoms with Crippen molar-refractivity contribution in [3.05, 3.63) is 12.2 Å². The van der Waals surface area contributed by atoms with E-state index >= 15 is 0 Å². The molecule has 0 saturated carbocycles. The van der Waals surface area contributed by atoms with Gasteiger partial charge in [0.1, 0.15) is 0 Å². The summed E-state index contributed by atoms with van der Waals surface area (Å²) in [4.78, 5) is 7.12. The number of thioether (sulfide) groups is 1. The normalized spacial score (nSPS) is 28.6. The van der Waals surface area contributed by atoms with Crippen LogP contribution in [0.2, 0.25) is 0 Å². The van der Waals surface area contributed by atoms with E-state index in [4.69, 9.17) is 10.5 Å². The molecule has 1 atom stereocenters. The molecule has 0 aromatic rings. The van der Waals surface area contributed by atoms with Gasteiger partial charge in [-0.25, -0.2) is 0 Å². The molecule has 114 valence electrons. The van der Waals surface area contributed by atoms with Crippen LogP contribution in [-0.4, -0.2) is 67.3 Å². The molecular weight excluding hydrogens is 272 g/mol. The van der Waals surface area contributed by atoms with Crippen molar-refractivity contribution in [2.45, 2.75) is 18.9 Å². The molecule has 2 aliphatic rings. The van der Waals surface area contributed by atoms with Gasteiger partial charge >= 0.3 is 0 Å². The Morgan fingerprint density at radius 1 is 1.50 bits per heavy atom. The topological polar surface area (TPSA) is 62.9 Å². The zero-order chi connectivity index (χ0) is 14.4. The van der Waals surface area contributed by atoms with Crippen LogP contribution in [0.25, 0.3) is 0 Å². The minimum Gasteiger partial charge on any atom is -0.379 e. The van der Waals surface area contributed by atoms with Crippen molar-refractivity contribution in [1.82, 2.24) is 10.2 Å². The Balaban J connectivity index is 1.94. The summed E-state index contributed by atoms with van der Waals surface area (Å²) >= 11 is 2.02. The maximum Gasteiger partial charge on any atom is 0.188 e. The minimum atomic E-state index is 0.171. The number of nitrogens with two attached hydrogens (primary N) is 1. The number of hydrogen-bond acceptors (Lipinski definition) is 4. The summed E-state index contributed by atoms with van der Waals surface area (Å²) in [6.07, 6.45) is 1.19. The second kappa shape index (κ2) is 7.33. The fraction of sp³-hybridized carbons (Fsp3) is 0.786. The van der Waals surface area contributed by atoms with Gasteiger partial charge in [-0.3, -0.25) is 9.89 Å². The molecule has 2 saturated heterocycles. The Kier molecular flexibility index (Phi) is 5.74. The van der Waals surface area contributed by atoms with E-state index in [1.165, 1.54) is 12.2 Å². The number of rotatable bonds is 5. The molecule has 2 aliphatic heterocycles. The lowest BCUT2D eigenvalue weighted by molar-refractivity contribution is -0.0104. The van der Waals surface area contributed by atoms with E-state index in [1.54, 1.807) is 0 Å². The van der Waals surface area contributed by atoms with Gasteiger partial charge in [-0.15, -0.1) is 0 Å². The van der Waals surface area contributed by atoms with E-state index in [2.05, 4.69) is 21.8 Å². The maximum atomic E-state index is 5.94. The fourth-order valence-corrected chi connectivity index (χ4v) is 4.10. The van der Waals surface area contributed by atoms with Crippen LogP contribution in [0.1, 0.15) is 13.3 Å². The van der Waals surface area contributed by atoms with Crippen LogP contribution in [0, 0.1) is 0 Å². The molecule has 2 heterocycles. The molecule has 0 spiro atoms. The predicted molar refractivity (Wildman–Crippen MR) is 86.4 cm³/mol. The molecule has 0 aromatic heterocycles. The van der Waals surface area contributed by atoms with Gasteiger partial charge in [-0.05, 0) is 19.1 Å². The van der Waals surface area contributed by atoms with E-state index < -0.39 is 0 Å². The van der Waals surface area contributed by atoms with Crippen molar-refractivity contribution < 1.29 is 4.74 Å². The molecule has 2 rings (SSSR count). The molecule has 0 aliphatic carbocycles. The fourth-order valence-electron chi connectivity index (χ4n) is 2.64. The molecule has 20 heavy (non-hydrogen) atoms. The van der Waals surface area contributed by atoms with E-state index in [1.807, 2.05) is 18.7 Å². The van der Waals surface area contributed by atoms with Crippen molar-refractivity contribution >= 4 is 17.7 Å². The van der Waals surface area contributed by atoms with Crippen LogP contribution in [0.15, 0.2) is 17.1 Å². The minimum absolute atomic E-state index is 0.171. The Labute approximate surface area is 126 Å². The third-order valence-corrected chi connectivity index (χ3v) is 5.11. The van der Waals surface area contributed by atoms with Crippen molar-refractivity contribution in [3.63, 3.8) is 0 Å². The second-order valence-electron chi connectivity index (χ2n) is 5.64. The largest absolute Gasteiger partial charge is 0.379 e. The molecule has 0 aromatic carbocycles. The molecule has 1 unspecified atom stereocenters. The Morgan fingerprint density at radius 2 is 2.25 bits per heavy atom. The van der Waals surface area contributed by atoms with Gasteiger partial charge in [-0.1, -0.05) is 12.2 Å². The van der Waals surface area contributed by atoms with Crippen LogP contribution in [0.3, 0.4) is 0 Å². The third-order valence-electron chi connectivity index (χ3n) is 3.88. The lowest BCUT2D eigenvalue weighted by atomic mass is 9.96. The SMILES string of the molecule is C=C(C)CNC(N)=NCC1(N2CCOCC2)CCSC1. The van der Waals surface area contributed by atoms with Gasteiger partial charge < -0.3 is 15.8 Å². The highest BCUT2D eigenvalue weighted by Crippen LogP contribution is 2.34. The third kappa shape index (κ3) is 4.14. The first-order chi connectivity index (χ1) is 9.62. The number of aliphatic imine (C=N–C) groups is 1. The van der Waals surface area contributed by atoms with Crippen molar-refractivity contribution in [3.8, 4) is 0 Å². The maximum absolute atomic E-state index is 5.94. The first kappa shape index (κ1) is 15.7. The van der Waals surface area contributed by atoms with Gasteiger partial charge in [-0.2, -0.15) is 11.8 Å². The molecular formula is C14H26N4OS. The molecule has 3 N–H and O–H groups in total. The first-order valence-electron chi connectivity index (χ1n) is 7.21. The zero-order valence-corrected chi connectivity index (χ0v) is 13.2. The van der Waals surface area contributed by atoms with Crippen LogP contribution in [0.5, 0.6) is 0 Å². The zero-order valence-electron chi connectivity index (χ0n) is 12.4. The van der Waals surface area contributed by atoms with Gasteiger partial charge in [0.2, 0.25) is 0 Å². The summed E-state index contributed by atoms with van der Waals surface area (Å²) < 4.78 is 5.46. The molecule has 0 radical (unpaired) electrons. The van der Waals surface area contributed by atoms with E-state index in [0.29, 0.717) is 12.5 Å². The summed E-state index contributed by atoms with van der Waals surface area (Å²) in [7, 11) is 0. The van der Waals surface area contributed by atoms with E-state index in [0.717, 1.165) is 44.2 Å². The molecule has 6 heteroatoms. The Bertz CT molecular complexity index is 360. The smallest absolute Gasteiger partial charge is 0.188 e. The summed E-state index contributed by atoms with van der Waals surface area (Å²) in [5.74, 6) is 2.88. The van der Waals surface area contributed by atoms with Gasteiger partial charge in [0.05, 0.1) is 25.3 Å². The first-order valence-corrected chi connectivity index (χ1v) is 8.37. The molecule has 2 fully saturated rings. The average Bonchev–Trinajstić information content (AvgIpc) is 2.94. The van der Waals surface area contributed by atoms with Crippen LogP contribution in [0.4, 0.5) is 0 Å². The summed E-state index contributed by atoms with van der Waals surface area (Å²) in [6, 6.07) is 0. The van der Waals surface area contributed by atoms with Crippen LogP contribution < -0.4 is 11.1 Å². The standard InChI is InChI=1S/C14H26N4OS/c1-12(2)9-16-13(15)17-10-14(3-8-20-11-14)18-4-6-19-7-5-18/h1,3-11H2,2H3,(H3,15,16,17). The lowest BCUT2D eigenvalue weighted by Crippen LogP contribution is -2.56. The summed E-state index contributed by atoms with van der Waals surface area (Å²) in [5.41, 5.74) is 7.16. The lowest BCUT2D eigenvalue weighted by Gasteiger charge is -2.42. The second-order valence-corrected chi connectivity index (χ2v) is 6.74. The van der Waals surface area contributed by atoms with Gasteiger partial charge in [0.25, 0.3) is 0 Å². The molecule has 0 bridgehead atoms. The van der Waals surface area contributed by atoms with E-state index in [9.17, 15) is 0 Å². The van der Waals surface area contributed by atoms with Gasteiger partial charge in [0.15, 0.2) is 5.96 Å². The molecule has 0 amide bonds. The van der Waals surface area contributed by atoms with Crippen LogP contribution in [-0.2, 0) is 4.74 Å². The highest BCUT2D eigenvalue weighted by atomic mass is 32.2. The van der Waals surface area contributed by atoms with Crippen molar-refractivity contribution in [1.29, 1.82) is 0 Å².